The third kappa shape index (κ3) is 0.917. The van der Waals surface area contributed by atoms with Crippen molar-refractivity contribution in [3.05, 3.63) is 29.8 Å². The molecule has 0 saturated carbocycles. The maximum absolute atomic E-state index is 5.45. The lowest BCUT2D eigenvalue weighted by Gasteiger charge is -2.12. The van der Waals surface area contributed by atoms with Crippen LogP contribution in [-0.2, 0) is 4.74 Å². The molecule has 0 radical (unpaired) electrons. The Hall–Kier alpha value is -1.84. The molecule has 2 aliphatic heterocycles. The molecule has 0 aliphatic carbocycles. The number of hydrogen-bond donors (Lipinski definition) is 0. The van der Waals surface area contributed by atoms with Gasteiger partial charge in [0, 0.05) is 12.3 Å². The molecule has 0 aromatic carbocycles. The molecule has 3 heterocycles. The van der Waals surface area contributed by atoms with Crippen LogP contribution in [0.3, 0.4) is 0 Å². The molecule has 0 unspecified atom stereocenters. The number of fused-ring (bicyclic) bond motifs is 2. The van der Waals surface area contributed by atoms with Crippen LogP contribution in [0.15, 0.2) is 29.1 Å². The molecule has 0 fully saturated rings. The Labute approximate surface area is 74.5 Å². The summed E-state index contributed by atoms with van der Waals surface area (Å²) in [6.07, 6.45) is 3.56. The van der Waals surface area contributed by atoms with Gasteiger partial charge in [-0.25, -0.2) is 4.99 Å². The molecule has 1 aromatic rings. The molecule has 2 aliphatic rings. The van der Waals surface area contributed by atoms with E-state index in [0.717, 1.165) is 11.4 Å². The maximum atomic E-state index is 5.45. The third-order valence-electron chi connectivity index (χ3n) is 1.91. The van der Waals surface area contributed by atoms with E-state index in [2.05, 4.69) is 9.98 Å². The van der Waals surface area contributed by atoms with Crippen molar-refractivity contribution >= 4 is 12.0 Å². The number of rotatable bonds is 0. The minimum absolute atomic E-state index is 0.342. The van der Waals surface area contributed by atoms with E-state index < -0.39 is 0 Å². The summed E-state index contributed by atoms with van der Waals surface area (Å²) in [6.45, 7) is 0.342. The van der Waals surface area contributed by atoms with Crippen LogP contribution < -0.4 is 4.74 Å². The predicted octanol–water partition coefficient (Wildman–Crippen LogP) is 1.20. The van der Waals surface area contributed by atoms with Crippen LogP contribution in [0.5, 0.6) is 5.75 Å². The molecule has 4 nitrogen and oxygen atoms in total. The lowest BCUT2D eigenvalue weighted by Crippen LogP contribution is -2.13. The molecule has 13 heavy (non-hydrogen) atoms. The average Bonchev–Trinajstić information content (AvgIpc) is 2.61. The van der Waals surface area contributed by atoms with E-state index in [0.29, 0.717) is 18.4 Å². The van der Waals surface area contributed by atoms with Crippen LogP contribution in [-0.4, -0.2) is 17.6 Å². The first-order valence-electron chi connectivity index (χ1n) is 3.96. The highest BCUT2D eigenvalue weighted by atomic mass is 16.6. The Morgan fingerprint density at radius 1 is 1.38 bits per heavy atom. The van der Waals surface area contributed by atoms with E-state index in [1.807, 2.05) is 18.2 Å². The summed E-state index contributed by atoms with van der Waals surface area (Å²) in [7, 11) is 0. The Morgan fingerprint density at radius 3 is 3.38 bits per heavy atom. The highest BCUT2D eigenvalue weighted by Crippen LogP contribution is 2.27. The van der Waals surface area contributed by atoms with E-state index >= 15 is 0 Å². The first kappa shape index (κ1) is 6.65. The average molecular weight is 174 g/mol. The van der Waals surface area contributed by atoms with Crippen molar-refractivity contribution in [3.8, 4) is 5.75 Å². The van der Waals surface area contributed by atoms with Crippen LogP contribution in [0.1, 0.15) is 5.69 Å². The van der Waals surface area contributed by atoms with Crippen LogP contribution in [0.2, 0.25) is 0 Å². The zero-order valence-electron chi connectivity index (χ0n) is 6.73. The van der Waals surface area contributed by atoms with Gasteiger partial charge < -0.3 is 9.47 Å². The summed E-state index contributed by atoms with van der Waals surface area (Å²) in [6, 6.07) is 3.69. The minimum Gasteiger partial charge on any atom is -0.465 e. The number of hydrogen-bond acceptors (Lipinski definition) is 4. The standard InChI is InChI=1S/C9H6N2O2/c1-2-7-6(10-3-1)4-8-9(13-7)11-5-12-8/h1-4H,5H2. The molecule has 0 spiro atoms. The number of pyridine rings is 1. The van der Waals surface area contributed by atoms with E-state index in [1.54, 1.807) is 6.20 Å². The Bertz CT molecular complexity index is 423. The molecule has 64 valence electrons. The quantitative estimate of drug-likeness (QED) is 0.593. The number of ether oxygens (including phenoxy) is 2. The Balaban J connectivity index is 2.18. The van der Waals surface area contributed by atoms with Crippen molar-refractivity contribution in [2.75, 3.05) is 6.73 Å². The fraction of sp³-hybridized carbons (Fsp3) is 0.111. The van der Waals surface area contributed by atoms with Crippen LogP contribution in [0.4, 0.5) is 0 Å². The molecule has 0 N–H and O–H groups in total. The lowest BCUT2D eigenvalue weighted by atomic mass is 10.2. The summed E-state index contributed by atoms with van der Waals surface area (Å²) in [5.74, 6) is 1.96. The van der Waals surface area contributed by atoms with Crippen molar-refractivity contribution < 1.29 is 9.47 Å². The van der Waals surface area contributed by atoms with E-state index in [4.69, 9.17) is 9.47 Å². The molecular formula is C9H6N2O2. The van der Waals surface area contributed by atoms with E-state index in [-0.39, 0.29) is 0 Å². The van der Waals surface area contributed by atoms with Crippen molar-refractivity contribution in [3.63, 3.8) is 0 Å². The van der Waals surface area contributed by atoms with Gasteiger partial charge in [-0.3, -0.25) is 4.98 Å². The first-order chi connectivity index (χ1) is 6.43. The van der Waals surface area contributed by atoms with E-state index in [9.17, 15) is 0 Å². The largest absolute Gasteiger partial charge is 0.465 e. The second-order valence-electron chi connectivity index (χ2n) is 2.73. The monoisotopic (exact) mass is 174 g/mol. The summed E-state index contributed by atoms with van der Waals surface area (Å²) in [5.41, 5.74) is 0.790. The zero-order chi connectivity index (χ0) is 8.67. The Morgan fingerprint density at radius 2 is 2.38 bits per heavy atom. The maximum Gasteiger partial charge on any atom is 0.261 e. The van der Waals surface area contributed by atoms with Crippen molar-refractivity contribution in [1.82, 2.24) is 4.98 Å². The van der Waals surface area contributed by atoms with Crippen molar-refractivity contribution in [2.24, 2.45) is 4.99 Å². The van der Waals surface area contributed by atoms with Gasteiger partial charge >= 0.3 is 0 Å². The normalized spacial score (nSPS) is 17.5. The molecule has 0 bridgehead atoms. The van der Waals surface area contributed by atoms with Gasteiger partial charge in [0.2, 0.25) is 0 Å². The molecule has 0 amide bonds. The van der Waals surface area contributed by atoms with Gasteiger partial charge in [0.1, 0.15) is 5.69 Å². The SMILES string of the molecule is C1=C2OCN=C2Oc2cccnc21. The second kappa shape index (κ2) is 2.32. The number of aromatic nitrogens is 1. The van der Waals surface area contributed by atoms with E-state index in [1.165, 1.54) is 0 Å². The molecular weight excluding hydrogens is 168 g/mol. The van der Waals surface area contributed by atoms with Crippen molar-refractivity contribution in [2.45, 2.75) is 0 Å². The highest BCUT2D eigenvalue weighted by Gasteiger charge is 2.23. The summed E-state index contributed by atoms with van der Waals surface area (Å²) in [5, 5.41) is 0. The van der Waals surface area contributed by atoms with Gasteiger partial charge in [0.15, 0.2) is 18.2 Å². The van der Waals surface area contributed by atoms with Gasteiger partial charge in [-0.2, -0.15) is 0 Å². The fourth-order valence-electron chi connectivity index (χ4n) is 1.31. The summed E-state index contributed by atoms with van der Waals surface area (Å²) >= 11 is 0. The lowest BCUT2D eigenvalue weighted by molar-refractivity contribution is 0.261. The van der Waals surface area contributed by atoms with Gasteiger partial charge in [-0.05, 0) is 12.1 Å². The molecule has 1 aromatic heterocycles. The van der Waals surface area contributed by atoms with Gasteiger partial charge in [0.25, 0.3) is 5.90 Å². The van der Waals surface area contributed by atoms with Crippen LogP contribution in [0.25, 0.3) is 6.08 Å². The molecule has 0 atom stereocenters. The first-order valence-corrected chi connectivity index (χ1v) is 3.96. The van der Waals surface area contributed by atoms with Crippen LogP contribution in [0, 0.1) is 0 Å². The second-order valence-corrected chi connectivity index (χ2v) is 2.73. The third-order valence-corrected chi connectivity index (χ3v) is 1.91. The number of nitrogens with zero attached hydrogens (tertiary/aromatic N) is 2. The highest BCUT2D eigenvalue weighted by molar-refractivity contribution is 6.00. The van der Waals surface area contributed by atoms with Gasteiger partial charge in [-0.15, -0.1) is 0 Å². The zero-order valence-corrected chi connectivity index (χ0v) is 6.73. The minimum atomic E-state index is 0.342. The number of aliphatic imine (C=N–C) groups is 1. The topological polar surface area (TPSA) is 43.7 Å². The van der Waals surface area contributed by atoms with Crippen LogP contribution >= 0.6 is 0 Å². The summed E-state index contributed by atoms with van der Waals surface area (Å²) < 4.78 is 10.7. The molecule has 4 heteroatoms. The summed E-state index contributed by atoms with van der Waals surface area (Å²) in [4.78, 5) is 8.18. The van der Waals surface area contributed by atoms with Crippen molar-refractivity contribution in [1.29, 1.82) is 0 Å². The predicted molar refractivity (Wildman–Crippen MR) is 46.2 cm³/mol. The molecule has 0 saturated heterocycles. The Kier molecular flexibility index (Phi) is 1.19. The van der Waals surface area contributed by atoms with Gasteiger partial charge in [0.05, 0.1) is 0 Å². The fourth-order valence-corrected chi connectivity index (χ4v) is 1.31. The molecule has 3 rings (SSSR count). The van der Waals surface area contributed by atoms with Gasteiger partial charge in [-0.1, -0.05) is 0 Å². The smallest absolute Gasteiger partial charge is 0.261 e.